The molecule has 0 aliphatic heterocycles. The number of rotatable bonds is 3. The number of aryl methyl sites for hydroxylation is 1. The van der Waals surface area contributed by atoms with Crippen LogP contribution in [0.3, 0.4) is 0 Å². The highest BCUT2D eigenvalue weighted by Crippen LogP contribution is 2.25. The van der Waals surface area contributed by atoms with E-state index in [4.69, 9.17) is 11.6 Å². The van der Waals surface area contributed by atoms with Crippen LogP contribution >= 0.6 is 11.6 Å². The van der Waals surface area contributed by atoms with Crippen molar-refractivity contribution in [2.24, 2.45) is 0 Å². The zero-order valence-electron chi connectivity index (χ0n) is 8.60. The van der Waals surface area contributed by atoms with Crippen molar-refractivity contribution in [1.82, 2.24) is 0 Å². The van der Waals surface area contributed by atoms with E-state index < -0.39 is 0 Å². The predicted octanol–water partition coefficient (Wildman–Crippen LogP) is 4.55. The van der Waals surface area contributed by atoms with Crippen molar-refractivity contribution in [2.45, 2.75) is 39.5 Å². The molecule has 0 fully saturated rings. The van der Waals surface area contributed by atoms with Gasteiger partial charge in [-0.05, 0) is 42.5 Å². The molecule has 1 atom stereocenters. The molecule has 0 aromatic heterocycles. The highest BCUT2D eigenvalue weighted by Gasteiger charge is 2.06. The third-order valence-corrected chi connectivity index (χ3v) is 2.72. The summed E-state index contributed by atoms with van der Waals surface area (Å²) in [5, 5.41) is 0.838. The van der Waals surface area contributed by atoms with Gasteiger partial charge in [0.2, 0.25) is 0 Å². The van der Waals surface area contributed by atoms with Gasteiger partial charge in [-0.2, -0.15) is 0 Å². The Labute approximate surface area is 85.9 Å². The highest BCUT2D eigenvalue weighted by atomic mass is 35.5. The topological polar surface area (TPSA) is 0 Å². The Morgan fingerprint density at radius 1 is 1.38 bits per heavy atom. The van der Waals surface area contributed by atoms with Crippen molar-refractivity contribution in [3.05, 3.63) is 34.3 Å². The molecular weight excluding hydrogens is 180 g/mol. The first kappa shape index (κ1) is 10.6. The third-order valence-electron chi connectivity index (χ3n) is 2.48. The molecule has 0 aliphatic carbocycles. The SMILES string of the molecule is CCCC(C)c1ccc(Cl)cc1C. The lowest BCUT2D eigenvalue weighted by atomic mass is 9.93. The molecule has 0 saturated heterocycles. The monoisotopic (exact) mass is 196 g/mol. The van der Waals surface area contributed by atoms with Crippen LogP contribution in [0.2, 0.25) is 5.02 Å². The van der Waals surface area contributed by atoms with Crippen LogP contribution in [0.25, 0.3) is 0 Å². The van der Waals surface area contributed by atoms with Crippen LogP contribution in [0.15, 0.2) is 18.2 Å². The van der Waals surface area contributed by atoms with E-state index in [2.05, 4.69) is 26.8 Å². The third kappa shape index (κ3) is 2.73. The summed E-state index contributed by atoms with van der Waals surface area (Å²) in [5.41, 5.74) is 2.75. The first-order chi connectivity index (χ1) is 6.15. The summed E-state index contributed by atoms with van der Waals surface area (Å²) in [5.74, 6) is 0.655. The molecule has 0 spiro atoms. The zero-order valence-corrected chi connectivity index (χ0v) is 9.36. The van der Waals surface area contributed by atoms with Crippen molar-refractivity contribution in [2.75, 3.05) is 0 Å². The molecule has 72 valence electrons. The van der Waals surface area contributed by atoms with Gasteiger partial charge in [0, 0.05) is 5.02 Å². The smallest absolute Gasteiger partial charge is 0.0408 e. The van der Waals surface area contributed by atoms with Crippen LogP contribution < -0.4 is 0 Å². The molecule has 0 nitrogen and oxygen atoms in total. The summed E-state index contributed by atoms with van der Waals surface area (Å²) >= 11 is 5.90. The van der Waals surface area contributed by atoms with Gasteiger partial charge in [-0.1, -0.05) is 37.9 Å². The minimum Gasteiger partial charge on any atom is -0.0843 e. The Bertz CT molecular complexity index is 278. The summed E-state index contributed by atoms with van der Waals surface area (Å²) in [6.07, 6.45) is 2.49. The summed E-state index contributed by atoms with van der Waals surface area (Å²) in [6.45, 7) is 6.63. The maximum Gasteiger partial charge on any atom is 0.0408 e. The Morgan fingerprint density at radius 2 is 2.08 bits per heavy atom. The highest BCUT2D eigenvalue weighted by molar-refractivity contribution is 6.30. The molecule has 1 aromatic rings. The van der Waals surface area contributed by atoms with Crippen LogP contribution in [0.4, 0.5) is 0 Å². The lowest BCUT2D eigenvalue weighted by molar-refractivity contribution is 0.661. The predicted molar refractivity (Wildman–Crippen MR) is 59.5 cm³/mol. The molecule has 0 radical (unpaired) electrons. The van der Waals surface area contributed by atoms with Gasteiger partial charge in [-0.15, -0.1) is 0 Å². The molecule has 0 amide bonds. The summed E-state index contributed by atoms with van der Waals surface area (Å²) in [4.78, 5) is 0. The second-order valence-corrected chi connectivity index (χ2v) is 4.13. The van der Waals surface area contributed by atoms with Crippen LogP contribution in [-0.2, 0) is 0 Å². The van der Waals surface area contributed by atoms with Crippen LogP contribution in [0.1, 0.15) is 43.7 Å². The summed E-state index contributed by atoms with van der Waals surface area (Å²) in [6, 6.07) is 6.18. The molecular formula is C12H17Cl. The van der Waals surface area contributed by atoms with Gasteiger partial charge in [0.25, 0.3) is 0 Å². The van der Waals surface area contributed by atoms with E-state index in [0.29, 0.717) is 5.92 Å². The van der Waals surface area contributed by atoms with Crippen LogP contribution in [-0.4, -0.2) is 0 Å². The number of hydrogen-bond acceptors (Lipinski definition) is 0. The minimum atomic E-state index is 0.655. The van der Waals surface area contributed by atoms with Gasteiger partial charge >= 0.3 is 0 Å². The lowest BCUT2D eigenvalue weighted by Crippen LogP contribution is -1.95. The molecule has 0 heterocycles. The van der Waals surface area contributed by atoms with E-state index in [9.17, 15) is 0 Å². The van der Waals surface area contributed by atoms with Gasteiger partial charge in [0.15, 0.2) is 0 Å². The molecule has 13 heavy (non-hydrogen) atoms. The summed E-state index contributed by atoms with van der Waals surface area (Å²) < 4.78 is 0. The van der Waals surface area contributed by atoms with E-state index in [1.807, 2.05) is 12.1 Å². The van der Waals surface area contributed by atoms with Crippen LogP contribution in [0.5, 0.6) is 0 Å². The second kappa shape index (κ2) is 4.66. The first-order valence-corrected chi connectivity index (χ1v) is 5.29. The molecule has 1 aromatic carbocycles. The number of halogens is 1. The van der Waals surface area contributed by atoms with Crippen molar-refractivity contribution in [3.8, 4) is 0 Å². The normalized spacial score (nSPS) is 12.9. The van der Waals surface area contributed by atoms with Gasteiger partial charge in [-0.3, -0.25) is 0 Å². The molecule has 0 saturated carbocycles. The summed E-state index contributed by atoms with van der Waals surface area (Å²) in [7, 11) is 0. The van der Waals surface area contributed by atoms with E-state index in [0.717, 1.165) is 5.02 Å². The number of hydrogen-bond donors (Lipinski definition) is 0. The van der Waals surface area contributed by atoms with E-state index in [-0.39, 0.29) is 0 Å². The standard InChI is InChI=1S/C12H17Cl/c1-4-5-9(2)12-7-6-11(13)8-10(12)3/h6-9H,4-5H2,1-3H3. The quantitative estimate of drug-likeness (QED) is 0.665. The maximum atomic E-state index is 5.90. The molecule has 0 bridgehead atoms. The molecule has 0 aliphatic rings. The van der Waals surface area contributed by atoms with Gasteiger partial charge in [0.05, 0.1) is 0 Å². The van der Waals surface area contributed by atoms with Gasteiger partial charge in [0.1, 0.15) is 0 Å². The van der Waals surface area contributed by atoms with Crippen molar-refractivity contribution < 1.29 is 0 Å². The van der Waals surface area contributed by atoms with Crippen LogP contribution in [0, 0.1) is 6.92 Å². The lowest BCUT2D eigenvalue weighted by Gasteiger charge is -2.13. The fraction of sp³-hybridized carbons (Fsp3) is 0.500. The molecule has 0 N–H and O–H groups in total. The largest absolute Gasteiger partial charge is 0.0843 e. The average Bonchev–Trinajstić information content (AvgIpc) is 2.04. The molecule has 1 unspecified atom stereocenters. The maximum absolute atomic E-state index is 5.90. The van der Waals surface area contributed by atoms with Gasteiger partial charge in [-0.25, -0.2) is 0 Å². The Hall–Kier alpha value is -0.490. The minimum absolute atomic E-state index is 0.655. The molecule has 1 rings (SSSR count). The first-order valence-electron chi connectivity index (χ1n) is 4.91. The van der Waals surface area contributed by atoms with E-state index in [1.54, 1.807) is 0 Å². The second-order valence-electron chi connectivity index (χ2n) is 3.69. The van der Waals surface area contributed by atoms with Crippen molar-refractivity contribution in [1.29, 1.82) is 0 Å². The Kier molecular flexibility index (Phi) is 3.80. The van der Waals surface area contributed by atoms with Gasteiger partial charge < -0.3 is 0 Å². The van der Waals surface area contributed by atoms with Crippen molar-refractivity contribution in [3.63, 3.8) is 0 Å². The average molecular weight is 197 g/mol. The fourth-order valence-corrected chi connectivity index (χ4v) is 2.01. The molecule has 1 heteroatoms. The number of benzene rings is 1. The Balaban J connectivity index is 2.88. The Morgan fingerprint density at radius 3 is 2.62 bits per heavy atom. The van der Waals surface area contributed by atoms with E-state index in [1.165, 1.54) is 24.0 Å². The zero-order chi connectivity index (χ0) is 9.84. The van der Waals surface area contributed by atoms with E-state index >= 15 is 0 Å². The fourth-order valence-electron chi connectivity index (χ4n) is 1.78. The van der Waals surface area contributed by atoms with Crippen molar-refractivity contribution >= 4 is 11.6 Å².